The second kappa shape index (κ2) is 9.45. The summed E-state index contributed by atoms with van der Waals surface area (Å²) in [5.41, 5.74) is 16.0. The van der Waals surface area contributed by atoms with Gasteiger partial charge < -0.3 is 31.4 Å². The van der Waals surface area contributed by atoms with Gasteiger partial charge in [-0.15, -0.1) is 0 Å². The molecule has 1 aromatic carbocycles. The van der Waals surface area contributed by atoms with Crippen LogP contribution in [0.4, 0.5) is 0 Å². The highest BCUT2D eigenvalue weighted by Crippen LogP contribution is 2.38. The van der Waals surface area contributed by atoms with Crippen LogP contribution < -0.4 is 31.4 Å². The smallest absolute Gasteiger partial charge is 0.271 e. The zero-order valence-electron chi connectivity index (χ0n) is 16.4. The summed E-state index contributed by atoms with van der Waals surface area (Å²) in [5, 5.41) is 0. The normalized spacial score (nSPS) is 10.4. The van der Waals surface area contributed by atoms with Crippen molar-refractivity contribution in [1.82, 2.24) is 19.9 Å². The number of hydrogen-bond acceptors (Lipinski definition) is 10. The summed E-state index contributed by atoms with van der Waals surface area (Å²) in [5.74, 6) is -1.48. The maximum Gasteiger partial charge on any atom is 0.271 e. The Labute approximate surface area is 176 Å². The maximum absolute atomic E-state index is 12.2. The Morgan fingerprint density at radius 1 is 0.968 bits per heavy atom. The molecule has 0 saturated carbocycles. The van der Waals surface area contributed by atoms with Crippen LogP contribution in [0.3, 0.4) is 0 Å². The first kappa shape index (κ1) is 21.4. The lowest BCUT2D eigenvalue weighted by molar-refractivity contribution is 0.0984. The molecule has 0 unspecified atom stereocenters. The molecule has 31 heavy (non-hydrogen) atoms. The number of nitrogens with zero attached hydrogens (tertiary/aromatic N) is 4. The van der Waals surface area contributed by atoms with Gasteiger partial charge in [0.15, 0.2) is 23.0 Å². The van der Waals surface area contributed by atoms with Gasteiger partial charge >= 0.3 is 0 Å². The van der Waals surface area contributed by atoms with Crippen LogP contribution in [0.1, 0.15) is 21.0 Å². The quantitative estimate of drug-likeness (QED) is 0.428. The van der Waals surface area contributed by atoms with Gasteiger partial charge in [0, 0.05) is 12.7 Å². The predicted molar refractivity (Wildman–Crippen MR) is 108 cm³/mol. The molecule has 0 bridgehead atoms. The lowest BCUT2D eigenvalue weighted by atomic mass is 10.3. The highest BCUT2D eigenvalue weighted by atomic mass is 16.5. The Morgan fingerprint density at radius 2 is 1.71 bits per heavy atom. The van der Waals surface area contributed by atoms with Crippen molar-refractivity contribution in [3.05, 3.63) is 47.9 Å². The third-order valence-corrected chi connectivity index (χ3v) is 3.81. The highest BCUT2D eigenvalue weighted by molar-refractivity contribution is 5.95. The Balaban J connectivity index is 2.17. The van der Waals surface area contributed by atoms with Crippen LogP contribution in [0.25, 0.3) is 11.6 Å². The Kier molecular flexibility index (Phi) is 6.52. The fourth-order valence-corrected chi connectivity index (χ4v) is 2.46. The fourth-order valence-electron chi connectivity index (χ4n) is 2.46. The van der Waals surface area contributed by atoms with E-state index < -0.39 is 11.8 Å². The average molecular weight is 425 g/mol. The van der Waals surface area contributed by atoms with E-state index in [2.05, 4.69) is 19.9 Å². The SMILES string of the molecule is COc1ccccc1Oc1c(OCCN)nc(-c2nccc(C(N)=O)n2)nc1C(N)=O. The van der Waals surface area contributed by atoms with E-state index in [1.807, 2.05) is 0 Å². The number of hydrogen-bond donors (Lipinski definition) is 3. The summed E-state index contributed by atoms with van der Waals surface area (Å²) in [7, 11) is 1.46. The van der Waals surface area contributed by atoms with Gasteiger partial charge in [-0.3, -0.25) is 9.59 Å². The molecule has 6 N–H and O–H groups in total. The molecular weight excluding hydrogens is 406 g/mol. The van der Waals surface area contributed by atoms with E-state index in [0.29, 0.717) is 5.75 Å². The number of para-hydroxylation sites is 2. The fraction of sp³-hybridized carbons (Fsp3) is 0.158. The first-order valence-electron chi connectivity index (χ1n) is 8.93. The first-order valence-corrected chi connectivity index (χ1v) is 8.93. The molecule has 2 heterocycles. The van der Waals surface area contributed by atoms with Crippen LogP contribution in [0, 0.1) is 0 Å². The second-order valence-electron chi connectivity index (χ2n) is 5.91. The number of benzene rings is 1. The first-order chi connectivity index (χ1) is 14.9. The lowest BCUT2D eigenvalue weighted by Gasteiger charge is -2.16. The number of amides is 2. The molecule has 0 spiro atoms. The molecule has 0 aliphatic rings. The van der Waals surface area contributed by atoms with Gasteiger partial charge in [0.2, 0.25) is 11.6 Å². The summed E-state index contributed by atoms with van der Waals surface area (Å²) in [6, 6.07) is 8.06. The molecule has 3 rings (SSSR count). The molecule has 2 amide bonds. The molecule has 3 aromatic rings. The topological polar surface area (TPSA) is 191 Å². The van der Waals surface area contributed by atoms with Crippen molar-refractivity contribution in [3.8, 4) is 34.8 Å². The second-order valence-corrected chi connectivity index (χ2v) is 5.91. The minimum Gasteiger partial charge on any atom is -0.493 e. The molecular formula is C19H19N7O5. The van der Waals surface area contributed by atoms with Crippen molar-refractivity contribution in [2.24, 2.45) is 17.2 Å². The van der Waals surface area contributed by atoms with Gasteiger partial charge in [-0.2, -0.15) is 4.98 Å². The minimum absolute atomic E-state index is 0.0547. The maximum atomic E-state index is 12.2. The van der Waals surface area contributed by atoms with Gasteiger partial charge in [0.1, 0.15) is 12.3 Å². The molecule has 0 saturated heterocycles. The monoisotopic (exact) mass is 425 g/mol. The van der Waals surface area contributed by atoms with Crippen LogP contribution >= 0.6 is 0 Å². The van der Waals surface area contributed by atoms with Crippen molar-refractivity contribution in [1.29, 1.82) is 0 Å². The van der Waals surface area contributed by atoms with Crippen molar-refractivity contribution < 1.29 is 23.8 Å². The third-order valence-electron chi connectivity index (χ3n) is 3.81. The van der Waals surface area contributed by atoms with Crippen molar-refractivity contribution in [2.45, 2.75) is 0 Å². The van der Waals surface area contributed by atoms with E-state index in [9.17, 15) is 9.59 Å². The molecule has 12 nitrogen and oxygen atoms in total. The number of nitrogens with two attached hydrogens (primary N) is 3. The molecule has 0 aliphatic heterocycles. The number of primary amides is 2. The van der Waals surface area contributed by atoms with Crippen molar-refractivity contribution in [3.63, 3.8) is 0 Å². The highest BCUT2D eigenvalue weighted by Gasteiger charge is 2.25. The zero-order valence-corrected chi connectivity index (χ0v) is 16.4. The van der Waals surface area contributed by atoms with E-state index in [0.717, 1.165) is 0 Å². The van der Waals surface area contributed by atoms with Crippen molar-refractivity contribution in [2.75, 3.05) is 20.3 Å². The molecule has 0 aliphatic carbocycles. The van der Waals surface area contributed by atoms with Gasteiger partial charge in [-0.1, -0.05) is 12.1 Å². The minimum atomic E-state index is -0.919. The number of rotatable bonds is 9. The van der Waals surface area contributed by atoms with Gasteiger partial charge in [0.25, 0.3) is 17.7 Å². The van der Waals surface area contributed by atoms with Crippen molar-refractivity contribution >= 4 is 11.8 Å². The van der Waals surface area contributed by atoms with Gasteiger partial charge in [-0.05, 0) is 18.2 Å². The molecule has 160 valence electrons. The van der Waals surface area contributed by atoms with E-state index in [-0.39, 0.29) is 53.6 Å². The Bertz CT molecular complexity index is 1120. The van der Waals surface area contributed by atoms with Crippen LogP contribution in [0.2, 0.25) is 0 Å². The number of aromatic nitrogens is 4. The van der Waals surface area contributed by atoms with Crippen LogP contribution in [-0.4, -0.2) is 52.0 Å². The molecule has 2 aromatic heterocycles. The summed E-state index contributed by atoms with van der Waals surface area (Å²) in [6.07, 6.45) is 1.30. The zero-order chi connectivity index (χ0) is 22.4. The molecule has 0 fully saturated rings. The largest absolute Gasteiger partial charge is 0.493 e. The van der Waals surface area contributed by atoms with E-state index in [4.69, 9.17) is 31.4 Å². The van der Waals surface area contributed by atoms with E-state index >= 15 is 0 Å². The Morgan fingerprint density at radius 3 is 2.35 bits per heavy atom. The molecule has 12 heteroatoms. The van der Waals surface area contributed by atoms with E-state index in [1.165, 1.54) is 19.4 Å². The van der Waals surface area contributed by atoms with Crippen LogP contribution in [-0.2, 0) is 0 Å². The molecule has 0 radical (unpaired) electrons. The number of carbonyl (C=O) groups excluding carboxylic acids is 2. The Hall–Kier alpha value is -4.32. The summed E-state index contributed by atoms with van der Waals surface area (Å²) < 4.78 is 16.7. The third kappa shape index (κ3) is 4.82. The standard InChI is InChI=1S/C19H19N7O5/c1-29-11-4-2-3-5-12(11)31-14-13(16(22)28)25-18(26-19(14)30-9-7-20)17-23-8-6-10(24-17)15(21)27/h2-6,8H,7,9,20H2,1H3,(H2,21,27)(H2,22,28). The lowest BCUT2D eigenvalue weighted by Crippen LogP contribution is -2.19. The van der Waals surface area contributed by atoms with Gasteiger partial charge in [0.05, 0.1) is 7.11 Å². The average Bonchev–Trinajstić information content (AvgIpc) is 2.78. The number of ether oxygens (including phenoxy) is 3. The number of carbonyl (C=O) groups is 2. The summed E-state index contributed by atoms with van der Waals surface area (Å²) >= 11 is 0. The molecule has 0 atom stereocenters. The van der Waals surface area contributed by atoms with E-state index in [1.54, 1.807) is 24.3 Å². The predicted octanol–water partition coefficient (Wildman–Crippen LogP) is 0.270. The summed E-state index contributed by atoms with van der Waals surface area (Å²) in [4.78, 5) is 40.0. The van der Waals surface area contributed by atoms with Crippen LogP contribution in [0.15, 0.2) is 36.5 Å². The summed E-state index contributed by atoms with van der Waals surface area (Å²) in [6.45, 7) is 0.214. The van der Waals surface area contributed by atoms with Crippen LogP contribution in [0.5, 0.6) is 23.1 Å². The number of methoxy groups -OCH3 is 1. The van der Waals surface area contributed by atoms with Gasteiger partial charge in [-0.25, -0.2) is 15.0 Å².